The van der Waals surface area contributed by atoms with Crippen LogP contribution in [0.15, 0.2) is 60.7 Å². The van der Waals surface area contributed by atoms with E-state index in [-0.39, 0.29) is 42.8 Å². The molecular formula is C28H31ClO8S. The highest BCUT2D eigenvalue weighted by atomic mass is 35.5. The second kappa shape index (κ2) is 14.0. The van der Waals surface area contributed by atoms with E-state index in [1.807, 2.05) is 48.5 Å². The largest absolute Gasteiger partial charge is 0.497 e. The molecule has 0 bridgehead atoms. The van der Waals surface area contributed by atoms with Crippen molar-refractivity contribution in [1.82, 2.24) is 0 Å². The zero-order valence-corrected chi connectivity index (χ0v) is 23.1. The summed E-state index contributed by atoms with van der Waals surface area (Å²) in [5, 5.41) is 0.156. The van der Waals surface area contributed by atoms with Crippen LogP contribution in [0.4, 0.5) is 0 Å². The van der Waals surface area contributed by atoms with Gasteiger partial charge < -0.3 is 18.9 Å². The van der Waals surface area contributed by atoms with Gasteiger partial charge in [0.1, 0.15) is 24.7 Å². The first kappa shape index (κ1) is 29.3. The van der Waals surface area contributed by atoms with Gasteiger partial charge in [-0.1, -0.05) is 35.9 Å². The zero-order valence-electron chi connectivity index (χ0n) is 21.6. The second-order valence-electron chi connectivity index (χ2n) is 8.43. The van der Waals surface area contributed by atoms with E-state index in [0.717, 1.165) is 28.9 Å². The average Bonchev–Trinajstić information content (AvgIpc) is 2.91. The monoisotopic (exact) mass is 562 g/mol. The molecule has 3 aromatic carbocycles. The molecule has 38 heavy (non-hydrogen) atoms. The zero-order chi connectivity index (χ0) is 27.5. The first-order valence-electron chi connectivity index (χ1n) is 11.9. The lowest BCUT2D eigenvalue weighted by Gasteiger charge is -2.17. The van der Waals surface area contributed by atoms with Gasteiger partial charge >= 0.3 is 0 Å². The lowest BCUT2D eigenvalue weighted by molar-refractivity contribution is 0.0977. The number of halogens is 1. The summed E-state index contributed by atoms with van der Waals surface area (Å²) in [4.78, 5) is 12.9. The van der Waals surface area contributed by atoms with E-state index in [2.05, 4.69) is 0 Å². The molecule has 0 atom stereocenters. The molecule has 0 radical (unpaired) electrons. The van der Waals surface area contributed by atoms with Crippen molar-refractivity contribution in [3.63, 3.8) is 0 Å². The van der Waals surface area contributed by atoms with E-state index in [4.69, 9.17) is 34.7 Å². The maximum absolute atomic E-state index is 12.9. The second-order valence-corrected chi connectivity index (χ2v) is 10.5. The van der Waals surface area contributed by atoms with Crippen LogP contribution in [0, 0.1) is 0 Å². The molecule has 0 aromatic heterocycles. The summed E-state index contributed by atoms with van der Waals surface area (Å²) in [6, 6.07) is 18.2. The van der Waals surface area contributed by atoms with Gasteiger partial charge in [0.2, 0.25) is 0 Å². The van der Waals surface area contributed by atoms with Crippen molar-refractivity contribution in [3.05, 3.63) is 82.4 Å². The highest BCUT2D eigenvalue weighted by molar-refractivity contribution is 7.85. The van der Waals surface area contributed by atoms with Crippen molar-refractivity contribution in [2.75, 3.05) is 27.1 Å². The van der Waals surface area contributed by atoms with E-state index in [1.54, 1.807) is 26.4 Å². The Morgan fingerprint density at radius 2 is 1.34 bits per heavy atom. The fourth-order valence-electron chi connectivity index (χ4n) is 3.49. The number of methoxy groups -OCH3 is 2. The number of ether oxygens (including phenoxy) is 4. The molecule has 0 aliphatic rings. The molecule has 0 N–H and O–H groups in total. The Hall–Kier alpha value is -3.27. The van der Waals surface area contributed by atoms with Crippen LogP contribution in [0.3, 0.4) is 0 Å². The molecule has 204 valence electrons. The average molecular weight is 563 g/mol. The van der Waals surface area contributed by atoms with Crippen molar-refractivity contribution in [2.24, 2.45) is 0 Å². The lowest BCUT2D eigenvalue weighted by Crippen LogP contribution is -2.07. The molecule has 0 saturated carbocycles. The van der Waals surface area contributed by atoms with Gasteiger partial charge in [0.15, 0.2) is 17.3 Å². The number of carbonyl (C=O) groups is 1. The molecule has 0 aliphatic carbocycles. The number of Topliss-reactive ketones (excluding diaryl/α,β-unsaturated/α-hetero) is 1. The Bertz CT molecular complexity index is 1310. The normalized spacial score (nSPS) is 11.2. The third kappa shape index (κ3) is 8.93. The molecule has 0 fully saturated rings. The Balaban J connectivity index is 1.75. The minimum atomic E-state index is -3.51. The summed E-state index contributed by atoms with van der Waals surface area (Å²) in [6.07, 6.45) is 2.03. The molecule has 0 aliphatic heterocycles. The maximum atomic E-state index is 12.9. The van der Waals surface area contributed by atoms with Crippen LogP contribution in [-0.2, 0) is 27.5 Å². The van der Waals surface area contributed by atoms with Crippen molar-refractivity contribution in [2.45, 2.75) is 32.5 Å². The van der Waals surface area contributed by atoms with Crippen molar-refractivity contribution in [3.8, 4) is 23.0 Å². The van der Waals surface area contributed by atoms with Gasteiger partial charge in [-0.05, 0) is 60.4 Å². The molecular weight excluding hydrogens is 532 g/mol. The molecule has 0 heterocycles. The van der Waals surface area contributed by atoms with Crippen molar-refractivity contribution >= 4 is 27.5 Å². The van der Waals surface area contributed by atoms with E-state index in [9.17, 15) is 13.2 Å². The summed E-state index contributed by atoms with van der Waals surface area (Å²) in [5.74, 6) is 1.95. The van der Waals surface area contributed by atoms with Gasteiger partial charge in [-0.25, -0.2) is 0 Å². The summed E-state index contributed by atoms with van der Waals surface area (Å²) in [5.41, 5.74) is 2.10. The van der Waals surface area contributed by atoms with E-state index in [1.165, 1.54) is 0 Å². The number of hydrogen-bond donors (Lipinski definition) is 0. The summed E-state index contributed by atoms with van der Waals surface area (Å²) >= 11 is 6.68. The summed E-state index contributed by atoms with van der Waals surface area (Å²) in [7, 11) is -0.307. The quantitative estimate of drug-likeness (QED) is 0.129. The van der Waals surface area contributed by atoms with E-state index < -0.39 is 10.1 Å². The van der Waals surface area contributed by atoms with Gasteiger partial charge in [0, 0.05) is 12.0 Å². The van der Waals surface area contributed by atoms with Crippen molar-refractivity contribution < 1.29 is 36.3 Å². The maximum Gasteiger partial charge on any atom is 0.264 e. The van der Waals surface area contributed by atoms with Crippen molar-refractivity contribution in [1.29, 1.82) is 0 Å². The van der Waals surface area contributed by atoms with E-state index in [0.29, 0.717) is 24.2 Å². The fourth-order valence-corrected chi connectivity index (χ4v) is 4.23. The standard InChI is InChI=1S/C28H31ClO8S/c1-33-22-11-7-20(8-12-22)18-35-26-16-15-24(25(30)6-4-5-17-37-38(3,31)32)27(29)28(26)36-19-21-9-13-23(34-2)14-10-21/h7-16H,4-6,17-19H2,1-3H3. The predicted molar refractivity (Wildman–Crippen MR) is 145 cm³/mol. The van der Waals surface area contributed by atoms with Crippen LogP contribution in [-0.4, -0.2) is 41.3 Å². The molecule has 0 unspecified atom stereocenters. The molecule has 0 amide bonds. The van der Waals surface area contributed by atoms with Gasteiger partial charge in [-0.15, -0.1) is 0 Å². The lowest BCUT2D eigenvalue weighted by atomic mass is 10.0. The number of hydrogen-bond acceptors (Lipinski definition) is 8. The third-order valence-corrected chi connectivity index (χ3v) is 6.52. The molecule has 3 rings (SSSR count). The third-order valence-electron chi connectivity index (χ3n) is 5.55. The van der Waals surface area contributed by atoms with E-state index >= 15 is 0 Å². The number of unbranched alkanes of at least 4 members (excludes halogenated alkanes) is 1. The van der Waals surface area contributed by atoms with Crippen LogP contribution in [0.2, 0.25) is 5.02 Å². The number of rotatable bonds is 15. The number of carbonyl (C=O) groups excluding carboxylic acids is 1. The van der Waals surface area contributed by atoms with Gasteiger partial charge in [0.05, 0.1) is 32.1 Å². The van der Waals surface area contributed by atoms with Crippen LogP contribution in [0.1, 0.15) is 40.7 Å². The van der Waals surface area contributed by atoms with Gasteiger partial charge in [0.25, 0.3) is 10.1 Å². The highest BCUT2D eigenvalue weighted by Crippen LogP contribution is 2.39. The Labute approximate surface area is 228 Å². The smallest absolute Gasteiger partial charge is 0.264 e. The number of benzene rings is 3. The fraction of sp³-hybridized carbons (Fsp3) is 0.321. The van der Waals surface area contributed by atoms with Crippen LogP contribution < -0.4 is 18.9 Å². The van der Waals surface area contributed by atoms with Crippen LogP contribution in [0.5, 0.6) is 23.0 Å². The number of ketones is 1. The van der Waals surface area contributed by atoms with Crippen LogP contribution >= 0.6 is 11.6 Å². The summed E-state index contributed by atoms with van der Waals surface area (Å²) < 4.78 is 49.4. The van der Waals surface area contributed by atoms with Gasteiger partial charge in [-0.2, -0.15) is 8.42 Å². The molecule has 0 saturated heterocycles. The summed E-state index contributed by atoms with van der Waals surface area (Å²) in [6.45, 7) is 0.476. The predicted octanol–water partition coefficient (Wildman–Crippen LogP) is 5.84. The Morgan fingerprint density at radius 3 is 1.87 bits per heavy atom. The minimum Gasteiger partial charge on any atom is -0.497 e. The Morgan fingerprint density at radius 1 is 0.789 bits per heavy atom. The SMILES string of the molecule is COc1ccc(COc2ccc(C(=O)CCCCOS(C)(=O)=O)c(Cl)c2OCc2ccc(OC)cc2)cc1. The first-order chi connectivity index (χ1) is 18.2. The minimum absolute atomic E-state index is 0.0220. The highest BCUT2D eigenvalue weighted by Gasteiger charge is 2.20. The molecule has 10 heteroatoms. The Kier molecular flexibility index (Phi) is 10.8. The topological polar surface area (TPSA) is 97.4 Å². The first-order valence-corrected chi connectivity index (χ1v) is 14.1. The molecule has 3 aromatic rings. The molecule has 8 nitrogen and oxygen atoms in total. The van der Waals surface area contributed by atoms with Gasteiger partial charge in [-0.3, -0.25) is 8.98 Å². The van der Waals surface area contributed by atoms with Crippen LogP contribution in [0.25, 0.3) is 0 Å². The molecule has 0 spiro atoms.